The van der Waals surface area contributed by atoms with Gasteiger partial charge in [-0.05, 0) is 51.5 Å². The summed E-state index contributed by atoms with van der Waals surface area (Å²) in [6.07, 6.45) is 10.4. The van der Waals surface area contributed by atoms with Gasteiger partial charge in [0, 0.05) is 6.08 Å². The van der Waals surface area contributed by atoms with E-state index in [1.807, 2.05) is 0 Å². The highest BCUT2D eigenvalue weighted by molar-refractivity contribution is 5.86. The van der Waals surface area contributed by atoms with E-state index in [9.17, 15) is 4.79 Å². The Morgan fingerprint density at radius 1 is 1.38 bits per heavy atom. The predicted octanol–water partition coefficient (Wildman–Crippen LogP) is 3.53. The number of hydrogen-bond acceptors (Lipinski definition) is 2. The van der Waals surface area contributed by atoms with Crippen molar-refractivity contribution in [2.45, 2.75) is 58.0 Å². The second-order valence-electron chi connectivity index (χ2n) is 5.13. The van der Waals surface area contributed by atoms with Gasteiger partial charge < -0.3 is 4.74 Å². The Bertz CT molecular complexity index is 340. The summed E-state index contributed by atoms with van der Waals surface area (Å²) in [5.41, 5.74) is 2.26. The molecule has 1 aliphatic carbocycles. The molecule has 1 fully saturated rings. The zero-order valence-corrected chi connectivity index (χ0v) is 10.2. The van der Waals surface area contributed by atoms with Crippen molar-refractivity contribution in [3.63, 3.8) is 0 Å². The van der Waals surface area contributed by atoms with Gasteiger partial charge in [-0.2, -0.15) is 0 Å². The molecule has 0 unspecified atom stereocenters. The molecule has 1 aliphatic heterocycles. The molecule has 1 heterocycles. The number of esters is 1. The summed E-state index contributed by atoms with van der Waals surface area (Å²) in [4.78, 5) is 11.5. The van der Waals surface area contributed by atoms with Crippen LogP contribution in [0.25, 0.3) is 0 Å². The Morgan fingerprint density at radius 3 is 2.69 bits per heavy atom. The molecule has 1 spiro atoms. The Hall–Kier alpha value is -1.05. The molecular formula is C14H20O2. The van der Waals surface area contributed by atoms with Crippen LogP contribution in [0.3, 0.4) is 0 Å². The lowest BCUT2D eigenvalue weighted by molar-refractivity contribution is -0.148. The van der Waals surface area contributed by atoms with Crippen molar-refractivity contribution in [2.75, 3.05) is 0 Å². The molecule has 2 nitrogen and oxygen atoms in total. The molecule has 0 amide bonds. The molecule has 2 aliphatic rings. The van der Waals surface area contributed by atoms with E-state index in [-0.39, 0.29) is 11.6 Å². The van der Waals surface area contributed by atoms with Crippen LogP contribution in [0.5, 0.6) is 0 Å². The second-order valence-corrected chi connectivity index (χ2v) is 5.13. The van der Waals surface area contributed by atoms with Crippen molar-refractivity contribution in [2.24, 2.45) is 0 Å². The van der Waals surface area contributed by atoms with Gasteiger partial charge in [0.1, 0.15) is 5.60 Å². The fourth-order valence-electron chi connectivity index (χ4n) is 2.67. The lowest BCUT2D eigenvalue weighted by Gasteiger charge is -2.34. The monoisotopic (exact) mass is 220 g/mol. The molecule has 2 rings (SSSR count). The topological polar surface area (TPSA) is 26.3 Å². The van der Waals surface area contributed by atoms with Crippen molar-refractivity contribution in [3.8, 4) is 0 Å². The van der Waals surface area contributed by atoms with Crippen LogP contribution < -0.4 is 0 Å². The average Bonchev–Trinajstić information content (AvgIpc) is 2.53. The van der Waals surface area contributed by atoms with Crippen molar-refractivity contribution >= 4 is 5.97 Å². The maximum atomic E-state index is 11.5. The third-order valence-electron chi connectivity index (χ3n) is 3.56. The van der Waals surface area contributed by atoms with Gasteiger partial charge in [-0.25, -0.2) is 4.79 Å². The summed E-state index contributed by atoms with van der Waals surface area (Å²) in [6, 6.07) is 0. The minimum absolute atomic E-state index is 0.140. The first-order valence-corrected chi connectivity index (χ1v) is 6.20. The Morgan fingerprint density at radius 2 is 2.06 bits per heavy atom. The van der Waals surface area contributed by atoms with Gasteiger partial charge in [0.2, 0.25) is 0 Å². The highest BCUT2D eigenvalue weighted by Crippen LogP contribution is 2.42. The lowest BCUT2D eigenvalue weighted by atomic mass is 9.78. The standard InChI is InChI=1S/C14H20O2/c1-11(2)6-7-12-10-13(15)16-14(12)8-4-3-5-9-14/h6,10H,3-5,7-9H2,1-2H3. The highest BCUT2D eigenvalue weighted by Gasteiger charge is 2.42. The Balaban J connectivity index is 2.15. The molecule has 0 N–H and O–H groups in total. The van der Waals surface area contributed by atoms with Gasteiger partial charge in [-0.3, -0.25) is 0 Å². The molecular weight excluding hydrogens is 200 g/mol. The molecule has 0 aromatic rings. The van der Waals surface area contributed by atoms with Crippen molar-refractivity contribution in [1.29, 1.82) is 0 Å². The summed E-state index contributed by atoms with van der Waals surface area (Å²) in [5.74, 6) is -0.140. The van der Waals surface area contributed by atoms with Crippen LogP contribution in [0.15, 0.2) is 23.3 Å². The van der Waals surface area contributed by atoms with E-state index in [0.717, 1.165) is 19.3 Å². The largest absolute Gasteiger partial charge is 0.451 e. The van der Waals surface area contributed by atoms with E-state index in [1.165, 1.54) is 30.4 Å². The maximum absolute atomic E-state index is 11.5. The maximum Gasteiger partial charge on any atom is 0.331 e. The fraction of sp³-hybridized carbons (Fsp3) is 0.643. The summed E-state index contributed by atoms with van der Waals surface area (Å²) in [6.45, 7) is 4.18. The number of rotatable bonds is 2. The van der Waals surface area contributed by atoms with E-state index in [0.29, 0.717) is 0 Å². The first-order chi connectivity index (χ1) is 7.62. The summed E-state index contributed by atoms with van der Waals surface area (Å²) in [7, 11) is 0. The molecule has 0 bridgehead atoms. The number of hydrogen-bond donors (Lipinski definition) is 0. The smallest absolute Gasteiger partial charge is 0.331 e. The van der Waals surface area contributed by atoms with E-state index in [4.69, 9.17) is 4.74 Å². The zero-order chi connectivity index (χ0) is 11.6. The average molecular weight is 220 g/mol. The van der Waals surface area contributed by atoms with E-state index in [2.05, 4.69) is 19.9 Å². The summed E-state index contributed by atoms with van der Waals surface area (Å²) < 4.78 is 5.57. The normalized spacial score (nSPS) is 22.9. The molecule has 0 aromatic carbocycles. The highest BCUT2D eigenvalue weighted by atomic mass is 16.6. The van der Waals surface area contributed by atoms with Crippen LogP contribution in [0.4, 0.5) is 0 Å². The minimum atomic E-state index is -0.235. The molecule has 88 valence electrons. The van der Waals surface area contributed by atoms with Crippen LogP contribution >= 0.6 is 0 Å². The molecule has 0 radical (unpaired) electrons. The Kier molecular flexibility index (Phi) is 3.17. The third-order valence-corrected chi connectivity index (χ3v) is 3.56. The van der Waals surface area contributed by atoms with Crippen molar-refractivity contribution < 1.29 is 9.53 Å². The SMILES string of the molecule is CC(C)=CCC1=CC(=O)OC12CCCCC2. The van der Waals surface area contributed by atoms with Gasteiger partial charge in [0.25, 0.3) is 0 Å². The van der Waals surface area contributed by atoms with Crippen molar-refractivity contribution in [3.05, 3.63) is 23.3 Å². The number of ether oxygens (including phenoxy) is 1. The van der Waals surface area contributed by atoms with Gasteiger partial charge in [-0.15, -0.1) is 0 Å². The number of allylic oxidation sites excluding steroid dienone is 2. The molecule has 16 heavy (non-hydrogen) atoms. The minimum Gasteiger partial charge on any atom is -0.451 e. The second kappa shape index (κ2) is 4.44. The molecule has 1 saturated carbocycles. The molecule has 0 aromatic heterocycles. The van der Waals surface area contributed by atoms with Crippen LogP contribution in [0.1, 0.15) is 52.4 Å². The fourth-order valence-corrected chi connectivity index (χ4v) is 2.67. The van der Waals surface area contributed by atoms with Gasteiger partial charge in [0.15, 0.2) is 0 Å². The van der Waals surface area contributed by atoms with Crippen molar-refractivity contribution in [1.82, 2.24) is 0 Å². The number of carbonyl (C=O) groups is 1. The van der Waals surface area contributed by atoms with Crippen LogP contribution in [0, 0.1) is 0 Å². The molecule has 0 atom stereocenters. The van der Waals surface area contributed by atoms with Crippen LogP contribution in [0.2, 0.25) is 0 Å². The molecule has 2 heteroatoms. The predicted molar refractivity (Wildman–Crippen MR) is 64.0 cm³/mol. The third kappa shape index (κ3) is 2.21. The van der Waals surface area contributed by atoms with Crippen LogP contribution in [-0.2, 0) is 9.53 Å². The van der Waals surface area contributed by atoms with E-state index < -0.39 is 0 Å². The van der Waals surface area contributed by atoms with Gasteiger partial charge in [0.05, 0.1) is 0 Å². The first kappa shape index (κ1) is 11.4. The Labute approximate surface area is 97.4 Å². The van der Waals surface area contributed by atoms with E-state index >= 15 is 0 Å². The summed E-state index contributed by atoms with van der Waals surface area (Å²) >= 11 is 0. The van der Waals surface area contributed by atoms with Gasteiger partial charge in [-0.1, -0.05) is 18.1 Å². The number of carbonyl (C=O) groups excluding carboxylic acids is 1. The quantitative estimate of drug-likeness (QED) is 0.525. The van der Waals surface area contributed by atoms with Gasteiger partial charge >= 0.3 is 5.97 Å². The van der Waals surface area contributed by atoms with Crippen LogP contribution in [-0.4, -0.2) is 11.6 Å². The van der Waals surface area contributed by atoms with E-state index in [1.54, 1.807) is 6.08 Å². The first-order valence-electron chi connectivity index (χ1n) is 6.20. The molecule has 0 saturated heterocycles. The lowest BCUT2D eigenvalue weighted by Crippen LogP contribution is -2.34. The zero-order valence-electron chi connectivity index (χ0n) is 10.2. The summed E-state index contributed by atoms with van der Waals surface area (Å²) in [5, 5.41) is 0.